The second-order valence-electron chi connectivity index (χ2n) is 8.57. The minimum atomic E-state index is -1.12. The number of esters is 1. The van der Waals surface area contributed by atoms with Gasteiger partial charge in [-0.05, 0) is 24.2 Å². The van der Waals surface area contributed by atoms with Crippen LogP contribution in [-0.4, -0.2) is 46.0 Å². The van der Waals surface area contributed by atoms with E-state index in [1.807, 2.05) is 12.2 Å². The van der Waals surface area contributed by atoms with E-state index >= 15 is 0 Å². The van der Waals surface area contributed by atoms with Gasteiger partial charge in [0.05, 0.1) is 16.8 Å². The summed E-state index contributed by atoms with van der Waals surface area (Å²) in [5.41, 5.74) is -0.214. The van der Waals surface area contributed by atoms with Gasteiger partial charge in [0.2, 0.25) is 17.6 Å². The van der Waals surface area contributed by atoms with Gasteiger partial charge in [-0.1, -0.05) is 38.1 Å². The highest BCUT2D eigenvalue weighted by atomic mass is 16.6. The Hall–Kier alpha value is -3.36. The molecule has 2 amide bonds. The number of benzene rings is 1. The summed E-state index contributed by atoms with van der Waals surface area (Å²) in [7, 11) is 0. The van der Waals surface area contributed by atoms with Crippen LogP contribution in [0.25, 0.3) is 0 Å². The Morgan fingerprint density at radius 1 is 1.16 bits per heavy atom. The lowest BCUT2D eigenvalue weighted by Gasteiger charge is -2.28. The molecule has 3 aliphatic rings. The molecule has 2 aliphatic carbocycles. The fraction of sp³-hybridized carbons (Fsp3) is 0.455. The van der Waals surface area contributed by atoms with Gasteiger partial charge in [0.1, 0.15) is 6.04 Å². The van der Waals surface area contributed by atoms with Crippen molar-refractivity contribution in [3.8, 4) is 0 Å². The van der Waals surface area contributed by atoms with Crippen LogP contribution in [-0.2, 0) is 19.1 Å². The summed E-state index contributed by atoms with van der Waals surface area (Å²) in [4.78, 5) is 62.5. The van der Waals surface area contributed by atoms with Crippen molar-refractivity contribution in [2.45, 2.75) is 26.3 Å². The van der Waals surface area contributed by atoms with Gasteiger partial charge in [0.15, 0.2) is 6.61 Å². The monoisotopic (exact) mass is 426 g/mol. The molecule has 1 saturated heterocycles. The topological polar surface area (TPSA) is 124 Å². The summed E-state index contributed by atoms with van der Waals surface area (Å²) >= 11 is 0. The first-order valence-electron chi connectivity index (χ1n) is 10.2. The van der Waals surface area contributed by atoms with E-state index in [2.05, 4.69) is 0 Å². The third kappa shape index (κ3) is 3.43. The highest BCUT2D eigenvalue weighted by Gasteiger charge is 2.61. The lowest BCUT2D eigenvalue weighted by atomic mass is 9.85. The summed E-state index contributed by atoms with van der Waals surface area (Å²) in [6.07, 6.45) is 4.73. The molecule has 0 spiro atoms. The number of allylic oxidation sites excluding steroid dienone is 2. The summed E-state index contributed by atoms with van der Waals surface area (Å²) in [6.45, 7) is 2.77. The number of likely N-dealkylation sites (tertiary alicyclic amines) is 1. The van der Waals surface area contributed by atoms with Crippen molar-refractivity contribution >= 4 is 29.3 Å². The highest BCUT2D eigenvalue weighted by Crippen LogP contribution is 2.53. The van der Waals surface area contributed by atoms with Crippen LogP contribution in [0, 0.1) is 39.7 Å². The summed E-state index contributed by atoms with van der Waals surface area (Å²) in [5.74, 6) is -3.37. The Bertz CT molecular complexity index is 985. The number of non-ortho nitro benzene ring substituents is 1. The van der Waals surface area contributed by atoms with Crippen LogP contribution in [0.15, 0.2) is 36.4 Å². The van der Waals surface area contributed by atoms with E-state index in [1.165, 1.54) is 18.2 Å². The fourth-order valence-corrected chi connectivity index (χ4v) is 4.97. The number of amides is 2. The first-order chi connectivity index (χ1) is 14.7. The number of carbonyl (C=O) groups excluding carboxylic acids is 4. The van der Waals surface area contributed by atoms with Crippen LogP contribution >= 0.6 is 0 Å². The van der Waals surface area contributed by atoms with Gasteiger partial charge in [-0.3, -0.25) is 29.4 Å². The molecule has 162 valence electrons. The molecule has 9 heteroatoms. The molecular formula is C22H22N2O7. The number of fused-ring (bicyclic) bond motifs is 5. The molecule has 0 unspecified atom stereocenters. The second-order valence-corrected chi connectivity index (χ2v) is 8.57. The number of ketones is 1. The molecule has 1 heterocycles. The van der Waals surface area contributed by atoms with Crippen molar-refractivity contribution in [1.82, 2.24) is 4.90 Å². The number of carbonyl (C=O) groups is 4. The van der Waals surface area contributed by atoms with Gasteiger partial charge in [0, 0.05) is 17.7 Å². The molecule has 0 aromatic heterocycles. The Morgan fingerprint density at radius 3 is 2.32 bits per heavy atom. The molecule has 9 nitrogen and oxygen atoms in total. The number of nitrogens with zero attached hydrogens (tertiary/aromatic N) is 2. The Balaban J connectivity index is 1.47. The zero-order valence-electron chi connectivity index (χ0n) is 17.1. The zero-order chi connectivity index (χ0) is 22.4. The van der Waals surface area contributed by atoms with Crippen molar-refractivity contribution in [1.29, 1.82) is 0 Å². The number of rotatable bonds is 7. The predicted octanol–water partition coefficient (Wildman–Crippen LogP) is 2.15. The second kappa shape index (κ2) is 7.72. The molecule has 2 bridgehead atoms. The zero-order valence-corrected chi connectivity index (χ0v) is 17.1. The Morgan fingerprint density at radius 2 is 1.77 bits per heavy atom. The molecule has 31 heavy (non-hydrogen) atoms. The van der Waals surface area contributed by atoms with E-state index < -0.39 is 47.1 Å². The van der Waals surface area contributed by atoms with Gasteiger partial charge in [-0.25, -0.2) is 4.79 Å². The standard InChI is InChI=1S/C22H22N2O7/c1-11(2)19(23-20(26)17-13-6-7-14(8-13)18(17)21(23)27)22(28)31-10-16(25)12-4-3-5-15(9-12)24(29)30/h3-7,9,11,13-14,17-19H,8,10H2,1-2H3/t13-,14-,17-,18+,19-/m0/s1. The van der Waals surface area contributed by atoms with Gasteiger partial charge in [-0.2, -0.15) is 0 Å². The third-order valence-corrected chi connectivity index (χ3v) is 6.38. The van der Waals surface area contributed by atoms with Crippen molar-refractivity contribution in [3.63, 3.8) is 0 Å². The summed E-state index contributed by atoms with van der Waals surface area (Å²) < 4.78 is 5.16. The summed E-state index contributed by atoms with van der Waals surface area (Å²) in [6, 6.07) is 3.99. The molecule has 2 fully saturated rings. The lowest BCUT2D eigenvalue weighted by molar-refractivity contribution is -0.384. The molecule has 1 aliphatic heterocycles. The van der Waals surface area contributed by atoms with E-state index in [4.69, 9.17) is 4.74 Å². The average Bonchev–Trinajstić information content (AvgIpc) is 3.42. The minimum absolute atomic E-state index is 0.0238. The maximum absolute atomic E-state index is 13.0. The van der Waals surface area contributed by atoms with Crippen LogP contribution < -0.4 is 0 Å². The van der Waals surface area contributed by atoms with Gasteiger partial charge in [-0.15, -0.1) is 0 Å². The Kier molecular flexibility index (Phi) is 5.20. The van der Waals surface area contributed by atoms with Gasteiger partial charge >= 0.3 is 5.97 Å². The molecular weight excluding hydrogens is 404 g/mol. The van der Waals surface area contributed by atoms with E-state index in [-0.39, 0.29) is 34.9 Å². The molecule has 1 aromatic rings. The Labute approximate surface area is 178 Å². The van der Waals surface area contributed by atoms with E-state index in [9.17, 15) is 29.3 Å². The quantitative estimate of drug-likeness (QED) is 0.163. The highest BCUT2D eigenvalue weighted by molar-refractivity contribution is 6.09. The molecule has 0 radical (unpaired) electrons. The smallest absolute Gasteiger partial charge is 0.330 e. The van der Waals surface area contributed by atoms with E-state index in [0.717, 1.165) is 17.4 Å². The first kappa shape index (κ1) is 20.9. The number of imide groups is 1. The van der Waals surface area contributed by atoms with Crippen molar-refractivity contribution in [3.05, 3.63) is 52.1 Å². The SMILES string of the molecule is CC(C)[C@@H](C(=O)OCC(=O)c1cccc([N+](=O)[O-])c1)N1C(=O)[C@@H]2[C@H](C1=O)[C@H]1C=C[C@H]2C1. The van der Waals surface area contributed by atoms with E-state index in [1.54, 1.807) is 13.8 Å². The molecule has 5 atom stereocenters. The first-order valence-corrected chi connectivity index (χ1v) is 10.2. The predicted molar refractivity (Wildman–Crippen MR) is 107 cm³/mol. The number of Topliss-reactive ketones (excluding diaryl/α,β-unsaturated/α-hetero) is 1. The average molecular weight is 426 g/mol. The lowest BCUT2D eigenvalue weighted by Crippen LogP contribution is -2.50. The van der Waals surface area contributed by atoms with Gasteiger partial charge in [0.25, 0.3) is 5.69 Å². The fourth-order valence-electron chi connectivity index (χ4n) is 4.97. The van der Waals surface area contributed by atoms with E-state index in [0.29, 0.717) is 0 Å². The van der Waals surface area contributed by atoms with Crippen molar-refractivity contribution in [2.24, 2.45) is 29.6 Å². The van der Waals surface area contributed by atoms with Crippen LogP contribution in [0.3, 0.4) is 0 Å². The number of ether oxygens (including phenoxy) is 1. The van der Waals surface area contributed by atoms with Crippen molar-refractivity contribution in [2.75, 3.05) is 6.61 Å². The normalized spacial score (nSPS) is 27.0. The maximum atomic E-state index is 13.0. The van der Waals surface area contributed by atoms with Crippen LogP contribution in [0.2, 0.25) is 0 Å². The third-order valence-electron chi connectivity index (χ3n) is 6.38. The minimum Gasteiger partial charge on any atom is -0.456 e. The number of nitro benzene ring substituents is 1. The molecule has 1 saturated carbocycles. The molecule has 1 aromatic carbocycles. The van der Waals surface area contributed by atoms with Crippen LogP contribution in [0.4, 0.5) is 5.69 Å². The van der Waals surface area contributed by atoms with Crippen molar-refractivity contribution < 1.29 is 28.8 Å². The number of nitro groups is 1. The van der Waals surface area contributed by atoms with Crippen LogP contribution in [0.1, 0.15) is 30.6 Å². The van der Waals surface area contributed by atoms with Gasteiger partial charge < -0.3 is 4.74 Å². The maximum Gasteiger partial charge on any atom is 0.330 e. The molecule has 0 N–H and O–H groups in total. The van der Waals surface area contributed by atoms with Crippen LogP contribution in [0.5, 0.6) is 0 Å². The number of hydrogen-bond acceptors (Lipinski definition) is 7. The molecule has 4 rings (SSSR count). The number of hydrogen-bond donors (Lipinski definition) is 0. The summed E-state index contributed by atoms with van der Waals surface area (Å²) in [5, 5.41) is 10.9. The largest absolute Gasteiger partial charge is 0.456 e.